The largest absolute Gasteiger partial charge is 0.366 e. The number of amides is 1. The number of halogens is 1. The van der Waals surface area contributed by atoms with Crippen LogP contribution in [-0.2, 0) is 6.54 Å². The lowest BCUT2D eigenvalue weighted by Crippen LogP contribution is -2.12. The molecule has 0 unspecified atom stereocenters. The molecule has 0 bridgehead atoms. The third-order valence-corrected chi connectivity index (χ3v) is 3.60. The van der Waals surface area contributed by atoms with E-state index < -0.39 is 11.7 Å². The summed E-state index contributed by atoms with van der Waals surface area (Å²) in [5, 5.41) is 1.13. The summed E-state index contributed by atoms with van der Waals surface area (Å²) in [4.78, 5) is 11.0. The van der Waals surface area contributed by atoms with Crippen LogP contribution in [0.2, 0.25) is 0 Å². The van der Waals surface area contributed by atoms with Crippen molar-refractivity contribution < 1.29 is 9.18 Å². The van der Waals surface area contributed by atoms with Crippen LogP contribution >= 0.6 is 0 Å². The Morgan fingerprint density at radius 3 is 2.71 bits per heavy atom. The van der Waals surface area contributed by atoms with Crippen molar-refractivity contribution in [3.8, 4) is 0 Å². The molecule has 3 rings (SSSR count). The molecule has 0 radical (unpaired) electrons. The maximum Gasteiger partial charge on any atom is 0.248 e. The van der Waals surface area contributed by atoms with Crippen molar-refractivity contribution in [1.82, 2.24) is 4.57 Å². The number of fused-ring (bicyclic) bond motifs is 1. The van der Waals surface area contributed by atoms with Crippen molar-refractivity contribution in [3.05, 3.63) is 71.2 Å². The zero-order chi connectivity index (χ0) is 15.0. The van der Waals surface area contributed by atoms with Gasteiger partial charge < -0.3 is 10.3 Å². The Morgan fingerprint density at radius 2 is 2.00 bits per heavy atom. The van der Waals surface area contributed by atoms with Gasteiger partial charge in [-0.15, -0.1) is 0 Å². The van der Waals surface area contributed by atoms with Gasteiger partial charge in [0.05, 0.1) is 6.54 Å². The minimum absolute atomic E-state index is 0.184. The highest BCUT2D eigenvalue weighted by atomic mass is 19.1. The van der Waals surface area contributed by atoms with Crippen LogP contribution in [0.4, 0.5) is 4.39 Å². The van der Waals surface area contributed by atoms with E-state index >= 15 is 0 Å². The normalized spacial score (nSPS) is 11.0. The monoisotopic (exact) mass is 282 g/mol. The van der Waals surface area contributed by atoms with Crippen molar-refractivity contribution in [2.75, 3.05) is 0 Å². The van der Waals surface area contributed by atoms with Crippen LogP contribution < -0.4 is 5.73 Å². The van der Waals surface area contributed by atoms with Gasteiger partial charge in [0.25, 0.3) is 0 Å². The van der Waals surface area contributed by atoms with Crippen LogP contribution in [0, 0.1) is 12.7 Å². The number of rotatable bonds is 3. The molecule has 3 nitrogen and oxygen atoms in total. The number of carbonyl (C=O) groups excluding carboxylic acids is 1. The molecular formula is C17H15FN2O. The third kappa shape index (κ3) is 2.52. The quantitative estimate of drug-likeness (QED) is 0.787. The van der Waals surface area contributed by atoms with Crippen LogP contribution in [0.15, 0.2) is 48.7 Å². The molecule has 0 spiro atoms. The van der Waals surface area contributed by atoms with Gasteiger partial charge in [-0.3, -0.25) is 4.79 Å². The lowest BCUT2D eigenvalue weighted by molar-refractivity contribution is 0.1000. The first-order valence-corrected chi connectivity index (χ1v) is 6.68. The molecular weight excluding hydrogens is 267 g/mol. The number of primary amides is 1. The standard InChI is InChI=1S/C17H15FN2O/c1-11-2-5-16-12(8-11)6-7-20(16)10-14-4-3-13(17(19)21)9-15(14)18/h2-9H,10H2,1H3,(H2,19,21). The van der Waals surface area contributed by atoms with E-state index in [2.05, 4.69) is 6.07 Å². The summed E-state index contributed by atoms with van der Waals surface area (Å²) in [6.45, 7) is 2.45. The Kier molecular flexibility index (Phi) is 3.22. The Labute approximate surface area is 121 Å². The van der Waals surface area contributed by atoms with Crippen LogP contribution in [0.3, 0.4) is 0 Å². The van der Waals surface area contributed by atoms with Crippen molar-refractivity contribution in [3.63, 3.8) is 0 Å². The molecule has 2 aromatic carbocycles. The Morgan fingerprint density at radius 1 is 1.19 bits per heavy atom. The van der Waals surface area contributed by atoms with E-state index in [0.29, 0.717) is 12.1 Å². The number of benzene rings is 2. The highest BCUT2D eigenvalue weighted by Gasteiger charge is 2.09. The molecule has 3 aromatic rings. The van der Waals surface area contributed by atoms with Gasteiger partial charge in [0, 0.05) is 22.8 Å². The molecule has 1 heterocycles. The maximum atomic E-state index is 14.0. The SMILES string of the molecule is Cc1ccc2c(ccn2Cc2ccc(C(N)=O)cc2F)c1. The van der Waals surface area contributed by atoms with Gasteiger partial charge in [-0.25, -0.2) is 4.39 Å². The van der Waals surface area contributed by atoms with E-state index in [1.807, 2.05) is 35.9 Å². The minimum atomic E-state index is -0.623. The molecule has 0 saturated carbocycles. The molecule has 0 aliphatic heterocycles. The summed E-state index contributed by atoms with van der Waals surface area (Å²) in [6.07, 6.45) is 1.94. The van der Waals surface area contributed by atoms with E-state index in [-0.39, 0.29) is 5.56 Å². The van der Waals surface area contributed by atoms with Gasteiger partial charge in [0.1, 0.15) is 5.82 Å². The Hall–Kier alpha value is -2.62. The highest BCUT2D eigenvalue weighted by Crippen LogP contribution is 2.20. The number of hydrogen-bond acceptors (Lipinski definition) is 1. The lowest BCUT2D eigenvalue weighted by Gasteiger charge is -2.08. The first-order valence-electron chi connectivity index (χ1n) is 6.68. The van der Waals surface area contributed by atoms with E-state index in [1.54, 1.807) is 12.1 Å². The molecule has 1 amide bonds. The smallest absolute Gasteiger partial charge is 0.248 e. The second-order valence-corrected chi connectivity index (χ2v) is 5.18. The summed E-state index contributed by atoms with van der Waals surface area (Å²) in [5.74, 6) is -1.04. The molecule has 0 fully saturated rings. The lowest BCUT2D eigenvalue weighted by atomic mass is 10.1. The number of nitrogens with zero attached hydrogens (tertiary/aromatic N) is 1. The average molecular weight is 282 g/mol. The summed E-state index contributed by atoms with van der Waals surface area (Å²) in [5.41, 5.74) is 8.10. The second-order valence-electron chi connectivity index (χ2n) is 5.18. The van der Waals surface area contributed by atoms with Gasteiger partial charge in [0.15, 0.2) is 0 Å². The van der Waals surface area contributed by atoms with Crippen LogP contribution in [0.5, 0.6) is 0 Å². The molecule has 106 valence electrons. The van der Waals surface area contributed by atoms with Crippen LogP contribution in [0.1, 0.15) is 21.5 Å². The molecule has 0 saturated heterocycles. The first-order chi connectivity index (χ1) is 10.0. The Balaban J connectivity index is 1.97. The van der Waals surface area contributed by atoms with Crippen molar-refractivity contribution >= 4 is 16.8 Å². The van der Waals surface area contributed by atoms with Gasteiger partial charge in [-0.05, 0) is 42.6 Å². The number of hydrogen-bond donors (Lipinski definition) is 1. The van der Waals surface area contributed by atoms with Crippen molar-refractivity contribution in [1.29, 1.82) is 0 Å². The molecule has 0 aliphatic rings. The molecule has 1 aromatic heterocycles. The average Bonchev–Trinajstić information content (AvgIpc) is 2.83. The zero-order valence-electron chi connectivity index (χ0n) is 11.6. The van der Waals surface area contributed by atoms with Gasteiger partial charge in [-0.1, -0.05) is 17.7 Å². The summed E-state index contributed by atoms with van der Waals surface area (Å²) in [7, 11) is 0. The predicted molar refractivity (Wildman–Crippen MR) is 80.7 cm³/mol. The summed E-state index contributed by atoms with van der Waals surface area (Å²) >= 11 is 0. The molecule has 0 atom stereocenters. The summed E-state index contributed by atoms with van der Waals surface area (Å²) < 4.78 is 16.0. The maximum absolute atomic E-state index is 14.0. The number of nitrogens with two attached hydrogens (primary N) is 1. The minimum Gasteiger partial charge on any atom is -0.366 e. The Bertz CT molecular complexity index is 836. The van der Waals surface area contributed by atoms with E-state index in [9.17, 15) is 9.18 Å². The van der Waals surface area contributed by atoms with E-state index in [1.165, 1.54) is 11.6 Å². The molecule has 0 aliphatic carbocycles. The molecule has 4 heteroatoms. The molecule has 2 N–H and O–H groups in total. The van der Waals surface area contributed by atoms with Crippen molar-refractivity contribution in [2.45, 2.75) is 13.5 Å². The zero-order valence-corrected chi connectivity index (χ0v) is 11.6. The fourth-order valence-electron chi connectivity index (χ4n) is 2.47. The third-order valence-electron chi connectivity index (χ3n) is 3.60. The fourth-order valence-corrected chi connectivity index (χ4v) is 2.47. The number of aryl methyl sites for hydroxylation is 1. The topological polar surface area (TPSA) is 48.0 Å². The molecule has 21 heavy (non-hydrogen) atoms. The van der Waals surface area contributed by atoms with E-state index in [0.717, 1.165) is 10.9 Å². The van der Waals surface area contributed by atoms with E-state index in [4.69, 9.17) is 5.73 Å². The van der Waals surface area contributed by atoms with Gasteiger partial charge >= 0.3 is 0 Å². The van der Waals surface area contributed by atoms with Crippen LogP contribution in [-0.4, -0.2) is 10.5 Å². The first kappa shape index (κ1) is 13.4. The highest BCUT2D eigenvalue weighted by molar-refractivity contribution is 5.92. The predicted octanol–water partition coefficient (Wildman–Crippen LogP) is 3.24. The summed E-state index contributed by atoms with van der Waals surface area (Å²) in [6, 6.07) is 12.5. The number of aromatic nitrogens is 1. The van der Waals surface area contributed by atoms with Crippen LogP contribution in [0.25, 0.3) is 10.9 Å². The van der Waals surface area contributed by atoms with Gasteiger partial charge in [-0.2, -0.15) is 0 Å². The second kappa shape index (κ2) is 5.05. The number of carbonyl (C=O) groups is 1. The fraction of sp³-hybridized carbons (Fsp3) is 0.118. The van der Waals surface area contributed by atoms with Crippen molar-refractivity contribution in [2.24, 2.45) is 5.73 Å². The van der Waals surface area contributed by atoms with Gasteiger partial charge in [0.2, 0.25) is 5.91 Å².